The Bertz CT molecular complexity index is 1050. The Morgan fingerprint density at radius 3 is 2.33 bits per heavy atom. The molecule has 1 aliphatic rings. The van der Waals surface area contributed by atoms with Gasteiger partial charge in [0.2, 0.25) is 0 Å². The van der Waals surface area contributed by atoms with E-state index >= 15 is 0 Å². The maximum atomic E-state index is 9.90. The van der Waals surface area contributed by atoms with E-state index in [9.17, 15) is 10.5 Å². The lowest BCUT2D eigenvalue weighted by molar-refractivity contribution is 0.540. The summed E-state index contributed by atoms with van der Waals surface area (Å²) >= 11 is 3.23. The number of nitriles is 2. The van der Waals surface area contributed by atoms with Crippen LogP contribution in [0.3, 0.4) is 0 Å². The summed E-state index contributed by atoms with van der Waals surface area (Å²) in [6, 6.07) is 13.1. The van der Waals surface area contributed by atoms with Crippen molar-refractivity contribution in [2.45, 2.75) is 49.4 Å². The highest BCUT2D eigenvalue weighted by atomic mass is 32.2. The summed E-state index contributed by atoms with van der Waals surface area (Å²) in [6.45, 7) is 5.82. The van der Waals surface area contributed by atoms with E-state index in [1.807, 2.05) is 32.2 Å². The number of anilines is 2. The molecule has 0 radical (unpaired) electrons. The topological polar surface area (TPSA) is 79.0 Å². The highest BCUT2D eigenvalue weighted by molar-refractivity contribution is 7.99. The Kier molecular flexibility index (Phi) is 8.53. The molecule has 1 fully saturated rings. The minimum atomic E-state index is 0.271. The van der Waals surface area contributed by atoms with Crippen LogP contribution in [0.25, 0.3) is 0 Å². The molecule has 0 amide bonds. The summed E-state index contributed by atoms with van der Waals surface area (Å²) in [5.74, 6) is 1.37. The van der Waals surface area contributed by atoms with E-state index in [2.05, 4.69) is 52.9 Å². The third-order valence-corrected chi connectivity index (χ3v) is 7.94. The number of likely N-dealkylation sites (N-methyl/N-ethyl adjacent to an activating group) is 1. The van der Waals surface area contributed by atoms with Crippen LogP contribution in [0.4, 0.5) is 11.5 Å². The molecule has 1 N–H and O–H groups in total. The number of nitrogens with one attached hydrogen (secondary N) is 1. The van der Waals surface area contributed by atoms with E-state index in [1.54, 1.807) is 23.7 Å². The quantitative estimate of drug-likeness (QED) is 0.357. The van der Waals surface area contributed by atoms with Gasteiger partial charge in [0.25, 0.3) is 0 Å². The number of rotatable bonds is 11. The van der Waals surface area contributed by atoms with Gasteiger partial charge in [-0.05, 0) is 49.4 Å². The summed E-state index contributed by atoms with van der Waals surface area (Å²) in [7, 11) is 4.01. The van der Waals surface area contributed by atoms with Gasteiger partial charge in [-0.3, -0.25) is 0 Å². The zero-order chi connectivity index (χ0) is 24.0. The van der Waals surface area contributed by atoms with Crippen molar-refractivity contribution in [1.29, 1.82) is 10.5 Å². The van der Waals surface area contributed by atoms with Crippen LogP contribution in [0.1, 0.15) is 48.9 Å². The van der Waals surface area contributed by atoms with Crippen LogP contribution >= 0.6 is 23.7 Å². The second kappa shape index (κ2) is 11.2. The van der Waals surface area contributed by atoms with Crippen molar-refractivity contribution in [2.24, 2.45) is 0 Å². The smallest absolute Gasteiger partial charge is 0.148 e. The van der Waals surface area contributed by atoms with Crippen LogP contribution in [0.15, 0.2) is 29.3 Å². The predicted molar refractivity (Wildman–Crippen MR) is 140 cm³/mol. The van der Waals surface area contributed by atoms with E-state index in [4.69, 9.17) is 4.98 Å². The molecule has 33 heavy (non-hydrogen) atoms. The number of nitrogens with zero attached hydrogens (tertiary/aromatic N) is 5. The van der Waals surface area contributed by atoms with Crippen LogP contribution < -0.4 is 14.5 Å². The molecule has 0 saturated heterocycles. The molecule has 0 aliphatic heterocycles. The highest BCUT2D eigenvalue weighted by Gasteiger charge is 2.36. The molecule has 0 unspecified atom stereocenters. The molecular formula is C25H32N6S2. The number of hydrogen-bond acceptors (Lipinski definition) is 8. The molecule has 6 nitrogen and oxygen atoms in total. The molecule has 174 valence electrons. The third-order valence-electron chi connectivity index (χ3n) is 6.14. The first-order valence-electron chi connectivity index (χ1n) is 11.2. The van der Waals surface area contributed by atoms with E-state index < -0.39 is 0 Å². The summed E-state index contributed by atoms with van der Waals surface area (Å²) in [4.78, 5) is 6.87. The zero-order valence-electron chi connectivity index (χ0n) is 20.1. The van der Waals surface area contributed by atoms with Gasteiger partial charge in [0.05, 0.1) is 11.1 Å². The van der Waals surface area contributed by atoms with Crippen LogP contribution in [-0.4, -0.2) is 44.0 Å². The molecule has 1 aromatic heterocycles. The Morgan fingerprint density at radius 1 is 1.12 bits per heavy atom. The minimum absolute atomic E-state index is 0.271. The van der Waals surface area contributed by atoms with Gasteiger partial charge in [-0.15, -0.1) is 11.8 Å². The number of aromatic nitrogens is 1. The largest absolute Gasteiger partial charge is 0.357 e. The molecule has 3 rings (SSSR count). The highest BCUT2D eigenvalue weighted by Crippen LogP contribution is 2.35. The standard InChI is InChI=1S/C25H32N6S2/c1-6-20-21(15-26)23(30(3)14-13-28-25(2)11-12-25)29-24(22(20)16-27)33-17-18-7-9-19(10-8-18)31(4)32-5/h7-10,28H,6,11-14,17H2,1-5H3. The van der Waals surface area contributed by atoms with Gasteiger partial charge in [0, 0.05) is 50.4 Å². The molecule has 0 atom stereocenters. The fourth-order valence-corrected chi connectivity index (χ4v) is 4.91. The van der Waals surface area contributed by atoms with Crippen molar-refractivity contribution in [3.63, 3.8) is 0 Å². The molecule has 1 aliphatic carbocycles. The van der Waals surface area contributed by atoms with Gasteiger partial charge in [0.15, 0.2) is 0 Å². The number of benzene rings is 1. The first-order chi connectivity index (χ1) is 15.9. The fourth-order valence-electron chi connectivity index (χ4n) is 3.62. The Hall–Kier alpha value is -2.39. The molecule has 0 spiro atoms. The van der Waals surface area contributed by atoms with Gasteiger partial charge in [-0.1, -0.05) is 31.0 Å². The van der Waals surface area contributed by atoms with E-state index in [1.165, 1.54) is 18.4 Å². The maximum Gasteiger partial charge on any atom is 0.148 e. The van der Waals surface area contributed by atoms with Gasteiger partial charge in [-0.25, -0.2) is 4.98 Å². The second-order valence-corrected chi connectivity index (χ2v) is 10.5. The number of hydrogen-bond donors (Lipinski definition) is 1. The lowest BCUT2D eigenvalue weighted by Gasteiger charge is -2.23. The lowest BCUT2D eigenvalue weighted by Crippen LogP contribution is -2.36. The first kappa shape index (κ1) is 25.2. The Labute approximate surface area is 206 Å². The summed E-state index contributed by atoms with van der Waals surface area (Å²) in [5.41, 5.74) is 4.42. The molecular weight excluding hydrogens is 448 g/mol. The average molecular weight is 481 g/mol. The third kappa shape index (κ3) is 6.14. The molecule has 0 bridgehead atoms. The van der Waals surface area contributed by atoms with Gasteiger partial charge in [-0.2, -0.15) is 10.5 Å². The van der Waals surface area contributed by atoms with Crippen molar-refractivity contribution in [1.82, 2.24) is 10.3 Å². The van der Waals surface area contributed by atoms with Crippen molar-refractivity contribution < 1.29 is 0 Å². The van der Waals surface area contributed by atoms with Crippen molar-refractivity contribution in [3.8, 4) is 12.1 Å². The Morgan fingerprint density at radius 2 is 1.79 bits per heavy atom. The van der Waals surface area contributed by atoms with Crippen LogP contribution in [0, 0.1) is 22.7 Å². The molecule has 8 heteroatoms. The van der Waals surface area contributed by atoms with Crippen molar-refractivity contribution >= 4 is 35.2 Å². The average Bonchev–Trinajstić information content (AvgIpc) is 3.57. The molecule has 2 aromatic rings. The number of pyridine rings is 1. The fraction of sp³-hybridized carbons (Fsp3) is 0.480. The monoisotopic (exact) mass is 480 g/mol. The zero-order valence-corrected chi connectivity index (χ0v) is 21.7. The van der Waals surface area contributed by atoms with Crippen LogP contribution in [0.5, 0.6) is 0 Å². The van der Waals surface area contributed by atoms with Gasteiger partial charge >= 0.3 is 0 Å². The summed E-state index contributed by atoms with van der Waals surface area (Å²) in [6.07, 6.45) is 5.09. The SMILES string of the molecule is CCc1c(C#N)c(SCc2ccc(N(C)SC)cc2)nc(N(C)CCNC2(C)CC2)c1C#N. The van der Waals surface area contributed by atoms with Gasteiger partial charge < -0.3 is 14.5 Å². The Balaban J connectivity index is 1.83. The normalized spacial score (nSPS) is 13.8. The van der Waals surface area contributed by atoms with E-state index in [0.29, 0.717) is 34.1 Å². The number of thioether (sulfide) groups is 1. The van der Waals surface area contributed by atoms with Crippen molar-refractivity contribution in [2.75, 3.05) is 42.6 Å². The first-order valence-corrected chi connectivity index (χ1v) is 13.3. The van der Waals surface area contributed by atoms with Crippen LogP contribution in [-0.2, 0) is 12.2 Å². The van der Waals surface area contributed by atoms with E-state index in [0.717, 1.165) is 24.3 Å². The second-order valence-electron chi connectivity index (χ2n) is 8.59. The predicted octanol–water partition coefficient (Wildman–Crippen LogP) is 4.97. The van der Waals surface area contributed by atoms with Crippen LogP contribution in [0.2, 0.25) is 0 Å². The summed E-state index contributed by atoms with van der Waals surface area (Å²) in [5, 5.41) is 24.1. The minimum Gasteiger partial charge on any atom is -0.357 e. The lowest BCUT2D eigenvalue weighted by atomic mass is 10.0. The van der Waals surface area contributed by atoms with Crippen molar-refractivity contribution in [3.05, 3.63) is 46.5 Å². The maximum absolute atomic E-state index is 9.90. The molecule has 1 heterocycles. The molecule has 1 saturated carbocycles. The molecule has 1 aromatic carbocycles. The summed E-state index contributed by atoms with van der Waals surface area (Å²) < 4.78 is 2.11. The van der Waals surface area contributed by atoms with E-state index in [-0.39, 0.29) is 5.54 Å². The van der Waals surface area contributed by atoms with Gasteiger partial charge in [0.1, 0.15) is 23.0 Å².